The molecule has 6 nitrogen and oxygen atoms in total. The van der Waals surface area contributed by atoms with Crippen LogP contribution in [0.2, 0.25) is 0 Å². The molecule has 0 aromatic heterocycles. The van der Waals surface area contributed by atoms with E-state index in [1.54, 1.807) is 0 Å². The smallest absolute Gasteiger partial charge is 0.319 e. The van der Waals surface area contributed by atoms with Crippen LogP contribution in [0.4, 0.5) is 16.2 Å². The van der Waals surface area contributed by atoms with Crippen LogP contribution >= 0.6 is 0 Å². The van der Waals surface area contributed by atoms with Crippen LogP contribution in [0.1, 0.15) is 25.8 Å². The number of carbonyl (C=O) groups excluding carboxylic acids is 1. The van der Waals surface area contributed by atoms with Gasteiger partial charge in [0.15, 0.2) is 0 Å². The van der Waals surface area contributed by atoms with Gasteiger partial charge in [-0.1, -0.05) is 13.8 Å². The number of benzene rings is 1. The average molecular weight is 348 g/mol. The van der Waals surface area contributed by atoms with Crippen molar-refractivity contribution >= 4 is 17.4 Å². The first-order valence-electron chi connectivity index (χ1n) is 9.14. The van der Waals surface area contributed by atoms with E-state index < -0.39 is 0 Å². The number of urea groups is 1. The number of likely N-dealkylation sites (N-methyl/N-ethyl adjacent to an activating group) is 1. The minimum absolute atomic E-state index is 0.203. The van der Waals surface area contributed by atoms with E-state index >= 15 is 0 Å². The zero-order chi connectivity index (χ0) is 18.4. The molecular weight excluding hydrogens is 316 g/mol. The summed E-state index contributed by atoms with van der Waals surface area (Å²) in [5.41, 5.74) is 3.07. The molecule has 1 aromatic carbocycles. The molecule has 2 amide bonds. The van der Waals surface area contributed by atoms with E-state index in [4.69, 9.17) is 0 Å². The van der Waals surface area contributed by atoms with Crippen LogP contribution in [0.25, 0.3) is 0 Å². The number of hydrogen-bond donors (Lipinski definition) is 3. The Labute approximate surface area is 151 Å². The van der Waals surface area contributed by atoms with E-state index in [0.29, 0.717) is 13.0 Å². The van der Waals surface area contributed by atoms with Gasteiger partial charge < -0.3 is 25.5 Å². The molecule has 6 heteroatoms. The number of piperazine rings is 1. The lowest BCUT2D eigenvalue weighted by atomic mass is 10.0. The summed E-state index contributed by atoms with van der Waals surface area (Å²) in [5, 5.41) is 15.5. The van der Waals surface area contributed by atoms with Crippen LogP contribution in [-0.4, -0.2) is 61.9 Å². The number of aliphatic hydroxyl groups is 1. The topological polar surface area (TPSA) is 67.8 Å². The zero-order valence-corrected chi connectivity index (χ0v) is 15.9. The summed E-state index contributed by atoms with van der Waals surface area (Å²) in [4.78, 5) is 16.7. The second-order valence-electron chi connectivity index (χ2n) is 7.27. The number of carbonyl (C=O) groups is 1. The van der Waals surface area contributed by atoms with Gasteiger partial charge in [0.1, 0.15) is 0 Å². The van der Waals surface area contributed by atoms with Crippen molar-refractivity contribution in [3.8, 4) is 0 Å². The van der Waals surface area contributed by atoms with Crippen molar-refractivity contribution in [2.75, 3.05) is 50.0 Å². The van der Waals surface area contributed by atoms with E-state index in [-0.39, 0.29) is 18.1 Å². The largest absolute Gasteiger partial charge is 0.393 e. The van der Waals surface area contributed by atoms with Crippen LogP contribution < -0.4 is 15.5 Å². The number of aryl methyl sites for hydroxylation is 1. The number of nitrogens with one attached hydrogen (secondary N) is 2. The third kappa shape index (κ3) is 5.90. The first-order valence-corrected chi connectivity index (χ1v) is 9.14. The molecule has 1 heterocycles. The Hall–Kier alpha value is -1.79. The number of amides is 2. The highest BCUT2D eigenvalue weighted by Crippen LogP contribution is 2.23. The second kappa shape index (κ2) is 9.06. The van der Waals surface area contributed by atoms with Crippen LogP contribution in [0, 0.1) is 12.8 Å². The molecule has 1 saturated heterocycles. The predicted octanol–water partition coefficient (Wildman–Crippen LogP) is 2.28. The summed E-state index contributed by atoms with van der Waals surface area (Å²) in [6.45, 7) is 10.6. The zero-order valence-electron chi connectivity index (χ0n) is 15.9. The highest BCUT2D eigenvalue weighted by atomic mass is 16.3. The first kappa shape index (κ1) is 19.5. The number of nitrogens with zero attached hydrogens (tertiary/aromatic N) is 2. The van der Waals surface area contributed by atoms with Crippen molar-refractivity contribution in [2.24, 2.45) is 5.92 Å². The Bertz CT molecular complexity index is 569. The fourth-order valence-electron chi connectivity index (χ4n) is 2.88. The van der Waals surface area contributed by atoms with Crippen LogP contribution in [-0.2, 0) is 0 Å². The van der Waals surface area contributed by atoms with Gasteiger partial charge >= 0.3 is 6.03 Å². The fraction of sp³-hybridized carbons (Fsp3) is 0.632. The van der Waals surface area contributed by atoms with E-state index in [2.05, 4.69) is 39.6 Å². The molecular formula is C19H32N4O2. The Morgan fingerprint density at radius 3 is 2.52 bits per heavy atom. The Balaban J connectivity index is 1.85. The fourth-order valence-corrected chi connectivity index (χ4v) is 2.88. The molecule has 0 aliphatic carbocycles. The maximum atomic E-state index is 12.0. The predicted molar refractivity (Wildman–Crippen MR) is 103 cm³/mol. The lowest BCUT2D eigenvalue weighted by Crippen LogP contribution is -2.44. The van der Waals surface area contributed by atoms with Crippen molar-refractivity contribution in [1.29, 1.82) is 0 Å². The minimum Gasteiger partial charge on any atom is -0.393 e. The quantitative estimate of drug-likeness (QED) is 0.738. The Kier molecular flexibility index (Phi) is 7.08. The summed E-state index contributed by atoms with van der Waals surface area (Å²) in [6, 6.07) is 5.93. The Morgan fingerprint density at radius 1 is 1.24 bits per heavy atom. The molecule has 1 aliphatic heterocycles. The van der Waals surface area contributed by atoms with Gasteiger partial charge in [-0.15, -0.1) is 0 Å². The standard InChI is InChI=1S/C19H32N4O2/c1-14(2)18(24)7-8-20-19(25)21-17-6-5-16(13-15(17)3)23-11-9-22(4)10-12-23/h5-6,13-14,18,24H,7-12H2,1-4H3,(H2,20,21,25). The molecule has 1 fully saturated rings. The van der Waals surface area contributed by atoms with Gasteiger partial charge in [0.25, 0.3) is 0 Å². The highest BCUT2D eigenvalue weighted by molar-refractivity contribution is 5.90. The minimum atomic E-state index is -0.384. The third-order valence-electron chi connectivity index (χ3n) is 4.82. The maximum Gasteiger partial charge on any atom is 0.319 e. The molecule has 2 rings (SSSR count). The van der Waals surface area contributed by atoms with Gasteiger partial charge in [-0.25, -0.2) is 4.79 Å². The van der Waals surface area contributed by atoms with Crippen molar-refractivity contribution in [1.82, 2.24) is 10.2 Å². The summed E-state index contributed by atoms with van der Waals surface area (Å²) in [6.07, 6.45) is 0.178. The maximum absolute atomic E-state index is 12.0. The molecule has 0 bridgehead atoms. The molecule has 25 heavy (non-hydrogen) atoms. The SMILES string of the molecule is Cc1cc(N2CCN(C)CC2)ccc1NC(=O)NCCC(O)C(C)C. The molecule has 140 valence electrons. The van der Waals surface area contributed by atoms with Crippen LogP contribution in [0.15, 0.2) is 18.2 Å². The lowest BCUT2D eigenvalue weighted by Gasteiger charge is -2.34. The van der Waals surface area contributed by atoms with Gasteiger partial charge in [-0.05, 0) is 50.1 Å². The summed E-state index contributed by atoms with van der Waals surface area (Å²) in [7, 11) is 2.15. The van der Waals surface area contributed by atoms with Crippen molar-refractivity contribution in [2.45, 2.75) is 33.3 Å². The average Bonchev–Trinajstić information content (AvgIpc) is 2.57. The number of rotatable bonds is 6. The second-order valence-corrected chi connectivity index (χ2v) is 7.27. The van der Waals surface area contributed by atoms with Gasteiger partial charge in [0.05, 0.1) is 6.10 Å². The number of anilines is 2. The Morgan fingerprint density at radius 2 is 1.92 bits per heavy atom. The first-order chi connectivity index (χ1) is 11.9. The van der Waals surface area contributed by atoms with Crippen LogP contribution in [0.3, 0.4) is 0 Å². The molecule has 1 aromatic rings. The van der Waals surface area contributed by atoms with Crippen LogP contribution in [0.5, 0.6) is 0 Å². The molecule has 0 spiro atoms. The number of hydrogen-bond acceptors (Lipinski definition) is 4. The molecule has 1 atom stereocenters. The highest BCUT2D eigenvalue weighted by Gasteiger charge is 2.15. The van der Waals surface area contributed by atoms with Crippen molar-refractivity contribution in [3.05, 3.63) is 23.8 Å². The molecule has 0 saturated carbocycles. The van der Waals surface area contributed by atoms with E-state index in [0.717, 1.165) is 37.4 Å². The summed E-state index contributed by atoms with van der Waals surface area (Å²) >= 11 is 0. The van der Waals surface area contributed by atoms with Gasteiger partial charge in [-0.3, -0.25) is 0 Å². The summed E-state index contributed by atoms with van der Waals surface area (Å²) in [5.74, 6) is 0.203. The van der Waals surface area contributed by atoms with E-state index in [1.165, 1.54) is 5.69 Å². The van der Waals surface area contributed by atoms with Gasteiger partial charge in [0, 0.05) is 44.1 Å². The summed E-state index contributed by atoms with van der Waals surface area (Å²) < 4.78 is 0. The van der Waals surface area contributed by atoms with E-state index in [9.17, 15) is 9.90 Å². The molecule has 0 radical (unpaired) electrons. The van der Waals surface area contributed by atoms with Crippen molar-refractivity contribution in [3.63, 3.8) is 0 Å². The van der Waals surface area contributed by atoms with Gasteiger partial charge in [-0.2, -0.15) is 0 Å². The normalized spacial score (nSPS) is 16.8. The van der Waals surface area contributed by atoms with E-state index in [1.807, 2.05) is 26.8 Å². The number of aliphatic hydroxyl groups excluding tert-OH is 1. The molecule has 1 aliphatic rings. The van der Waals surface area contributed by atoms with Gasteiger partial charge in [0.2, 0.25) is 0 Å². The third-order valence-corrected chi connectivity index (χ3v) is 4.82. The van der Waals surface area contributed by atoms with Crippen molar-refractivity contribution < 1.29 is 9.90 Å². The molecule has 3 N–H and O–H groups in total. The monoisotopic (exact) mass is 348 g/mol. The molecule has 1 unspecified atom stereocenters. The lowest BCUT2D eigenvalue weighted by molar-refractivity contribution is 0.117.